The lowest BCUT2D eigenvalue weighted by Crippen LogP contribution is -2.02. The molecule has 0 fully saturated rings. The van der Waals surface area contributed by atoms with Crippen LogP contribution in [0.5, 0.6) is 0 Å². The molecule has 2 heterocycles. The van der Waals surface area contributed by atoms with Crippen molar-refractivity contribution in [2.24, 2.45) is 5.16 Å². The molecule has 30 heavy (non-hydrogen) atoms. The average Bonchev–Trinajstić information content (AvgIpc) is 3.27. The SMILES string of the molecule is Cc1cc(/C=N\OCc2ccccc2C#N)c(C)n1-c1sc2c(c1C#N)CCCC2. The van der Waals surface area contributed by atoms with Crippen LogP contribution in [0.15, 0.2) is 35.5 Å². The highest BCUT2D eigenvalue weighted by Gasteiger charge is 2.23. The number of benzene rings is 1. The first-order valence-corrected chi connectivity index (χ1v) is 10.8. The van der Waals surface area contributed by atoms with Crippen molar-refractivity contribution in [1.82, 2.24) is 4.57 Å². The Labute approximate surface area is 180 Å². The molecule has 1 aromatic carbocycles. The summed E-state index contributed by atoms with van der Waals surface area (Å²) in [5, 5.41) is 24.1. The summed E-state index contributed by atoms with van der Waals surface area (Å²) in [6.07, 6.45) is 6.13. The van der Waals surface area contributed by atoms with Crippen LogP contribution in [-0.4, -0.2) is 10.8 Å². The minimum absolute atomic E-state index is 0.245. The van der Waals surface area contributed by atoms with E-state index in [0.29, 0.717) is 5.56 Å². The van der Waals surface area contributed by atoms with Crippen molar-refractivity contribution in [3.8, 4) is 17.1 Å². The molecule has 0 radical (unpaired) electrons. The predicted molar refractivity (Wildman–Crippen MR) is 118 cm³/mol. The smallest absolute Gasteiger partial charge is 0.143 e. The second kappa shape index (κ2) is 8.57. The van der Waals surface area contributed by atoms with Crippen LogP contribution < -0.4 is 0 Å². The van der Waals surface area contributed by atoms with Gasteiger partial charge in [-0.1, -0.05) is 23.4 Å². The van der Waals surface area contributed by atoms with E-state index in [9.17, 15) is 5.26 Å². The lowest BCUT2D eigenvalue weighted by molar-refractivity contribution is 0.132. The maximum atomic E-state index is 9.81. The molecule has 6 heteroatoms. The van der Waals surface area contributed by atoms with Gasteiger partial charge in [-0.05, 0) is 57.2 Å². The molecule has 0 bridgehead atoms. The van der Waals surface area contributed by atoms with Gasteiger partial charge in [0, 0.05) is 27.4 Å². The largest absolute Gasteiger partial charge is 0.391 e. The molecular weight excluding hydrogens is 392 g/mol. The first kappa shape index (κ1) is 19.9. The fraction of sp³-hybridized carbons (Fsp3) is 0.292. The van der Waals surface area contributed by atoms with E-state index in [1.807, 2.05) is 32.0 Å². The molecule has 0 N–H and O–H groups in total. The predicted octanol–water partition coefficient (Wildman–Crippen LogP) is 5.33. The van der Waals surface area contributed by atoms with E-state index in [0.717, 1.165) is 52.3 Å². The fourth-order valence-electron chi connectivity index (χ4n) is 4.01. The molecule has 2 aromatic heterocycles. The first-order chi connectivity index (χ1) is 14.6. The number of rotatable bonds is 5. The number of hydrogen-bond acceptors (Lipinski definition) is 5. The van der Waals surface area contributed by atoms with Gasteiger partial charge in [0.2, 0.25) is 0 Å². The quantitative estimate of drug-likeness (QED) is 0.418. The summed E-state index contributed by atoms with van der Waals surface area (Å²) in [4.78, 5) is 6.80. The van der Waals surface area contributed by atoms with Crippen molar-refractivity contribution in [1.29, 1.82) is 10.5 Å². The highest BCUT2D eigenvalue weighted by Crippen LogP contribution is 2.38. The van der Waals surface area contributed by atoms with Crippen molar-refractivity contribution in [3.63, 3.8) is 0 Å². The van der Waals surface area contributed by atoms with Crippen LogP contribution in [0.1, 0.15) is 56.9 Å². The summed E-state index contributed by atoms with van der Waals surface area (Å²) in [6.45, 7) is 4.34. The number of fused-ring (bicyclic) bond motifs is 1. The molecular formula is C24H22N4OS. The summed E-state index contributed by atoms with van der Waals surface area (Å²) in [7, 11) is 0. The molecule has 0 saturated heterocycles. The second-order valence-corrected chi connectivity index (χ2v) is 8.53. The van der Waals surface area contributed by atoms with Crippen molar-refractivity contribution in [3.05, 3.63) is 74.4 Å². The molecule has 0 amide bonds. The lowest BCUT2D eigenvalue weighted by Gasteiger charge is -2.10. The zero-order valence-electron chi connectivity index (χ0n) is 17.1. The minimum Gasteiger partial charge on any atom is -0.391 e. The number of aromatic nitrogens is 1. The Bertz CT molecular complexity index is 1200. The van der Waals surface area contributed by atoms with E-state index in [-0.39, 0.29) is 6.61 Å². The van der Waals surface area contributed by atoms with Crippen LogP contribution in [0.25, 0.3) is 5.00 Å². The van der Waals surface area contributed by atoms with Gasteiger partial charge < -0.3 is 9.40 Å². The number of hydrogen-bond donors (Lipinski definition) is 0. The van der Waals surface area contributed by atoms with Crippen LogP contribution in [0, 0.1) is 36.5 Å². The van der Waals surface area contributed by atoms with Crippen molar-refractivity contribution in [2.45, 2.75) is 46.1 Å². The highest BCUT2D eigenvalue weighted by atomic mass is 32.1. The molecule has 0 atom stereocenters. The summed E-state index contributed by atoms with van der Waals surface area (Å²) in [6, 6.07) is 14.0. The standard InChI is InChI=1S/C24H22N4OS/c1-16-11-20(14-27-29-15-19-8-4-3-7-18(19)12-25)17(2)28(16)24-22(13-26)21-9-5-6-10-23(21)30-24/h3-4,7-8,11,14H,5-6,9-10,15H2,1-2H3/b27-14-. The van der Waals surface area contributed by atoms with Gasteiger partial charge in [0.05, 0.1) is 23.4 Å². The molecule has 3 aromatic rings. The fourth-order valence-corrected chi connectivity index (χ4v) is 5.46. The van der Waals surface area contributed by atoms with Gasteiger partial charge in [-0.3, -0.25) is 0 Å². The molecule has 0 saturated carbocycles. The summed E-state index contributed by atoms with van der Waals surface area (Å²) < 4.78 is 2.16. The number of nitriles is 2. The zero-order valence-corrected chi connectivity index (χ0v) is 17.9. The maximum absolute atomic E-state index is 9.81. The van der Waals surface area contributed by atoms with Gasteiger partial charge in [0.15, 0.2) is 0 Å². The molecule has 0 spiro atoms. The van der Waals surface area contributed by atoms with E-state index in [4.69, 9.17) is 10.1 Å². The van der Waals surface area contributed by atoms with Gasteiger partial charge in [0.25, 0.3) is 0 Å². The topological polar surface area (TPSA) is 74.1 Å². The Morgan fingerprint density at radius 3 is 2.77 bits per heavy atom. The summed E-state index contributed by atoms with van der Waals surface area (Å²) >= 11 is 1.75. The van der Waals surface area contributed by atoms with Crippen LogP contribution in [0.2, 0.25) is 0 Å². The number of nitrogens with zero attached hydrogens (tertiary/aromatic N) is 4. The first-order valence-electron chi connectivity index (χ1n) is 10.0. The third-order valence-corrected chi connectivity index (χ3v) is 6.84. The molecule has 1 aliphatic rings. The third-order valence-electron chi connectivity index (χ3n) is 5.56. The van der Waals surface area contributed by atoms with Crippen molar-refractivity contribution in [2.75, 3.05) is 0 Å². The second-order valence-electron chi connectivity index (χ2n) is 7.44. The monoisotopic (exact) mass is 414 g/mol. The number of thiophene rings is 1. The van der Waals surface area contributed by atoms with Crippen LogP contribution in [0.3, 0.4) is 0 Å². The number of aryl methyl sites for hydroxylation is 2. The Kier molecular flexibility index (Phi) is 5.70. The van der Waals surface area contributed by atoms with Gasteiger partial charge in [-0.25, -0.2) is 0 Å². The van der Waals surface area contributed by atoms with E-state index in [1.54, 1.807) is 23.6 Å². The third kappa shape index (κ3) is 3.63. The maximum Gasteiger partial charge on any atom is 0.143 e. The van der Waals surface area contributed by atoms with Crippen molar-refractivity contribution < 1.29 is 4.84 Å². The van der Waals surface area contributed by atoms with E-state index in [2.05, 4.69) is 27.9 Å². The normalized spacial score (nSPS) is 13.1. The van der Waals surface area contributed by atoms with Crippen molar-refractivity contribution >= 4 is 17.6 Å². The number of oxime groups is 1. The lowest BCUT2D eigenvalue weighted by atomic mass is 9.96. The molecule has 4 rings (SSSR count). The van der Waals surface area contributed by atoms with Crippen LogP contribution in [0.4, 0.5) is 0 Å². The molecule has 0 unspecified atom stereocenters. The Morgan fingerprint density at radius 1 is 1.17 bits per heavy atom. The molecule has 150 valence electrons. The summed E-state index contributed by atoms with van der Waals surface area (Å²) in [5.74, 6) is 0. The summed E-state index contributed by atoms with van der Waals surface area (Å²) in [5.41, 5.74) is 6.53. The average molecular weight is 415 g/mol. The van der Waals surface area contributed by atoms with E-state index < -0.39 is 0 Å². The van der Waals surface area contributed by atoms with E-state index in [1.165, 1.54) is 16.9 Å². The van der Waals surface area contributed by atoms with Gasteiger partial charge >= 0.3 is 0 Å². The van der Waals surface area contributed by atoms with Gasteiger partial charge in [-0.15, -0.1) is 11.3 Å². The van der Waals surface area contributed by atoms with E-state index >= 15 is 0 Å². The Morgan fingerprint density at radius 2 is 1.97 bits per heavy atom. The Hall–Kier alpha value is -3.35. The van der Waals surface area contributed by atoms with Gasteiger partial charge in [0.1, 0.15) is 17.7 Å². The Balaban J connectivity index is 1.58. The molecule has 5 nitrogen and oxygen atoms in total. The highest BCUT2D eigenvalue weighted by molar-refractivity contribution is 7.15. The van der Waals surface area contributed by atoms with Crippen LogP contribution >= 0.6 is 11.3 Å². The zero-order chi connectivity index (χ0) is 21.1. The minimum atomic E-state index is 0.245. The van der Waals surface area contributed by atoms with Gasteiger partial charge in [-0.2, -0.15) is 10.5 Å². The van der Waals surface area contributed by atoms with Crippen LogP contribution in [-0.2, 0) is 24.3 Å². The molecule has 0 aliphatic heterocycles. The molecule has 1 aliphatic carbocycles.